The zero-order valence-electron chi connectivity index (χ0n) is 24.6. The van der Waals surface area contributed by atoms with Crippen molar-refractivity contribution in [3.63, 3.8) is 0 Å². The summed E-state index contributed by atoms with van der Waals surface area (Å²) in [6, 6.07) is 20.3. The van der Waals surface area contributed by atoms with Crippen molar-refractivity contribution in [2.45, 2.75) is 9.79 Å². The van der Waals surface area contributed by atoms with E-state index >= 15 is 0 Å². The molecule has 0 aromatic heterocycles. The Morgan fingerprint density at radius 3 is 1.98 bits per heavy atom. The summed E-state index contributed by atoms with van der Waals surface area (Å²) in [6.07, 6.45) is 0. The highest BCUT2D eigenvalue weighted by atomic mass is 35.5. The number of carbonyl (C=O) groups excluding carboxylic acids is 1. The summed E-state index contributed by atoms with van der Waals surface area (Å²) in [6.45, 7) is -0.686. The van der Waals surface area contributed by atoms with Crippen LogP contribution in [-0.2, 0) is 24.8 Å². The van der Waals surface area contributed by atoms with E-state index in [1.807, 2.05) is 0 Å². The van der Waals surface area contributed by atoms with E-state index in [0.717, 1.165) is 4.31 Å². The fourth-order valence-corrected chi connectivity index (χ4v) is 6.95. The fourth-order valence-electron chi connectivity index (χ4n) is 4.19. The highest BCUT2D eigenvalue weighted by Crippen LogP contribution is 2.37. The van der Waals surface area contributed by atoms with E-state index in [0.29, 0.717) is 11.5 Å². The molecule has 4 aromatic rings. The maximum absolute atomic E-state index is 14.1. The number of para-hydroxylation sites is 1. The number of anilines is 3. The van der Waals surface area contributed by atoms with Crippen LogP contribution in [0.3, 0.4) is 0 Å². The van der Waals surface area contributed by atoms with Crippen LogP contribution in [0.5, 0.6) is 23.0 Å². The lowest BCUT2D eigenvalue weighted by Crippen LogP contribution is -2.38. The predicted molar refractivity (Wildman–Crippen MR) is 171 cm³/mol. The number of amides is 1. The summed E-state index contributed by atoms with van der Waals surface area (Å²) in [5.74, 6) is 0.231. The molecule has 1 amide bonds. The molecule has 0 saturated carbocycles. The van der Waals surface area contributed by atoms with Crippen LogP contribution < -0.4 is 33.3 Å². The van der Waals surface area contributed by atoms with E-state index < -0.39 is 32.5 Å². The maximum atomic E-state index is 14.1. The first-order chi connectivity index (χ1) is 21.4. The average molecular weight is 676 g/mol. The molecule has 0 atom stereocenters. The van der Waals surface area contributed by atoms with Crippen LogP contribution in [0, 0.1) is 0 Å². The molecule has 0 aliphatic heterocycles. The van der Waals surface area contributed by atoms with Gasteiger partial charge in [0, 0.05) is 17.8 Å². The molecule has 12 nitrogen and oxygen atoms in total. The van der Waals surface area contributed by atoms with Crippen molar-refractivity contribution in [1.82, 2.24) is 0 Å². The molecular formula is C30H30ClN3O9S2. The number of benzene rings is 4. The van der Waals surface area contributed by atoms with Crippen LogP contribution in [-0.4, -0.2) is 57.7 Å². The molecule has 0 unspecified atom stereocenters. The van der Waals surface area contributed by atoms with E-state index in [9.17, 15) is 21.6 Å². The number of halogens is 1. The van der Waals surface area contributed by atoms with Crippen molar-refractivity contribution in [2.24, 2.45) is 0 Å². The summed E-state index contributed by atoms with van der Waals surface area (Å²) in [5.41, 5.74) is 0.465. The van der Waals surface area contributed by atoms with Crippen molar-refractivity contribution in [3.8, 4) is 23.0 Å². The van der Waals surface area contributed by atoms with Crippen LogP contribution in [0.4, 0.5) is 17.1 Å². The number of ether oxygens (including phenoxy) is 4. The SMILES string of the molecule is COc1ccc(OC)c(N(CC(=O)Nc2ccc(S(=O)(=O)Nc3ccccc3Cl)cc2)S(=O)(=O)c2ccc(OC)c(OC)c2)c1. The minimum absolute atomic E-state index is 0.0360. The van der Waals surface area contributed by atoms with E-state index in [-0.39, 0.29) is 43.4 Å². The first-order valence-electron chi connectivity index (χ1n) is 13.1. The molecule has 0 spiro atoms. The van der Waals surface area contributed by atoms with Crippen LogP contribution >= 0.6 is 11.6 Å². The van der Waals surface area contributed by atoms with Gasteiger partial charge >= 0.3 is 0 Å². The molecule has 4 aromatic carbocycles. The second kappa shape index (κ2) is 14.0. The van der Waals surface area contributed by atoms with Crippen LogP contribution in [0.25, 0.3) is 0 Å². The van der Waals surface area contributed by atoms with Gasteiger partial charge in [0.2, 0.25) is 5.91 Å². The Labute approximate surface area is 266 Å². The summed E-state index contributed by atoms with van der Waals surface area (Å²) >= 11 is 6.07. The number of nitrogens with zero attached hydrogens (tertiary/aromatic N) is 1. The molecule has 4 rings (SSSR count). The highest BCUT2D eigenvalue weighted by molar-refractivity contribution is 7.93. The van der Waals surface area contributed by atoms with Crippen LogP contribution in [0.15, 0.2) is 94.7 Å². The van der Waals surface area contributed by atoms with Crippen LogP contribution in [0.2, 0.25) is 5.02 Å². The highest BCUT2D eigenvalue weighted by Gasteiger charge is 2.31. The lowest BCUT2D eigenvalue weighted by atomic mass is 10.2. The lowest BCUT2D eigenvalue weighted by molar-refractivity contribution is -0.114. The van der Waals surface area contributed by atoms with Crippen molar-refractivity contribution < 1.29 is 40.6 Å². The first kappa shape index (κ1) is 33.2. The summed E-state index contributed by atoms with van der Waals surface area (Å²) in [5, 5.41) is 2.84. The largest absolute Gasteiger partial charge is 0.497 e. The minimum atomic E-state index is -4.41. The molecular weight excluding hydrogens is 646 g/mol. The van der Waals surface area contributed by atoms with Crippen molar-refractivity contribution in [2.75, 3.05) is 49.3 Å². The third-order valence-electron chi connectivity index (χ3n) is 6.45. The molecule has 0 aliphatic rings. The summed E-state index contributed by atoms with van der Waals surface area (Å²) in [7, 11) is -2.84. The number of nitrogens with one attached hydrogen (secondary N) is 2. The lowest BCUT2D eigenvalue weighted by Gasteiger charge is -2.26. The zero-order chi connectivity index (χ0) is 32.8. The summed E-state index contributed by atoms with van der Waals surface area (Å²) in [4.78, 5) is 13.1. The van der Waals surface area contributed by atoms with Gasteiger partial charge in [-0.1, -0.05) is 23.7 Å². The van der Waals surface area contributed by atoms with E-state index in [1.54, 1.807) is 24.3 Å². The van der Waals surface area contributed by atoms with E-state index in [2.05, 4.69) is 10.0 Å². The van der Waals surface area contributed by atoms with Crippen molar-refractivity contribution in [1.29, 1.82) is 0 Å². The maximum Gasteiger partial charge on any atom is 0.265 e. The second-order valence-electron chi connectivity index (χ2n) is 9.22. The van der Waals surface area contributed by atoms with Gasteiger partial charge in [-0.3, -0.25) is 13.8 Å². The first-order valence-corrected chi connectivity index (χ1v) is 16.4. The molecule has 45 heavy (non-hydrogen) atoms. The number of carbonyl (C=O) groups is 1. The van der Waals surface area contributed by atoms with Gasteiger partial charge in [0.25, 0.3) is 20.0 Å². The monoisotopic (exact) mass is 675 g/mol. The Kier molecular flexibility index (Phi) is 10.3. The van der Waals surface area contributed by atoms with Gasteiger partial charge in [-0.05, 0) is 60.7 Å². The van der Waals surface area contributed by atoms with Crippen LogP contribution in [0.1, 0.15) is 0 Å². The molecule has 0 aliphatic carbocycles. The molecule has 0 saturated heterocycles. The smallest absolute Gasteiger partial charge is 0.265 e. The molecule has 0 bridgehead atoms. The third-order valence-corrected chi connectivity index (χ3v) is 9.92. The minimum Gasteiger partial charge on any atom is -0.497 e. The van der Waals surface area contributed by atoms with Gasteiger partial charge in [0.15, 0.2) is 11.5 Å². The predicted octanol–water partition coefficient (Wildman–Crippen LogP) is 5.01. The Bertz CT molecular complexity index is 1900. The van der Waals surface area contributed by atoms with E-state index in [1.165, 1.54) is 89.1 Å². The average Bonchev–Trinajstić information content (AvgIpc) is 3.04. The second-order valence-corrected chi connectivity index (χ2v) is 13.2. The zero-order valence-corrected chi connectivity index (χ0v) is 27.0. The Hall–Kier alpha value is -4.66. The number of rotatable bonds is 13. The molecule has 15 heteroatoms. The summed E-state index contributed by atoms with van der Waals surface area (Å²) < 4.78 is 78.4. The van der Waals surface area contributed by atoms with Gasteiger partial charge < -0.3 is 24.3 Å². The van der Waals surface area contributed by atoms with Gasteiger partial charge in [-0.15, -0.1) is 0 Å². The Morgan fingerprint density at radius 2 is 1.36 bits per heavy atom. The van der Waals surface area contributed by atoms with Crippen molar-refractivity contribution in [3.05, 3.63) is 90.0 Å². The normalized spacial score (nSPS) is 11.3. The van der Waals surface area contributed by atoms with E-state index in [4.69, 9.17) is 30.5 Å². The number of sulfonamides is 2. The van der Waals surface area contributed by atoms with Gasteiger partial charge in [0.1, 0.15) is 18.0 Å². The molecule has 2 N–H and O–H groups in total. The van der Waals surface area contributed by atoms with Gasteiger partial charge in [-0.25, -0.2) is 16.8 Å². The number of hydrogen-bond acceptors (Lipinski definition) is 9. The number of hydrogen-bond donors (Lipinski definition) is 2. The molecule has 0 fully saturated rings. The Morgan fingerprint density at radius 1 is 0.733 bits per heavy atom. The molecule has 0 heterocycles. The fraction of sp³-hybridized carbons (Fsp3) is 0.167. The third kappa shape index (κ3) is 7.53. The Balaban J connectivity index is 1.64. The van der Waals surface area contributed by atoms with Gasteiger partial charge in [-0.2, -0.15) is 0 Å². The number of methoxy groups -OCH3 is 4. The topological polar surface area (TPSA) is 150 Å². The standard InChI is InChI=1S/C30H30ClN3O9S2/c1-40-21-11-15-27(41-2)26(17-21)34(45(38,39)23-14-16-28(42-3)29(18-23)43-4)19-30(35)32-20-9-12-22(13-10-20)44(36,37)33-25-8-6-5-7-24(25)31/h5-18,33H,19H2,1-4H3,(H,32,35). The van der Waals surface area contributed by atoms with Gasteiger partial charge in [0.05, 0.1) is 54.6 Å². The van der Waals surface area contributed by atoms with Crippen molar-refractivity contribution >= 4 is 54.6 Å². The molecule has 238 valence electrons. The molecule has 0 radical (unpaired) electrons. The quantitative estimate of drug-likeness (QED) is 0.199.